The molecule has 0 aromatic heterocycles. The molecule has 126 valence electrons. The highest BCUT2D eigenvalue weighted by molar-refractivity contribution is 5.95. The normalized spacial score (nSPS) is 10.2. The van der Waals surface area contributed by atoms with Crippen LogP contribution in [-0.2, 0) is 16.0 Å². The lowest BCUT2D eigenvalue weighted by molar-refractivity contribution is -0.116. The summed E-state index contributed by atoms with van der Waals surface area (Å²) < 4.78 is 0. The molecule has 2 N–H and O–H groups in total. The Bertz CT molecular complexity index is 696. The average molecular weight is 324 g/mol. The number of rotatable bonds is 7. The molecule has 0 fully saturated rings. The molecule has 2 aromatic carbocycles. The van der Waals surface area contributed by atoms with Gasteiger partial charge >= 0.3 is 0 Å². The fourth-order valence-corrected chi connectivity index (χ4v) is 2.46. The van der Waals surface area contributed by atoms with Gasteiger partial charge in [-0.25, -0.2) is 0 Å². The van der Waals surface area contributed by atoms with Gasteiger partial charge in [-0.2, -0.15) is 0 Å². The monoisotopic (exact) mass is 324 g/mol. The van der Waals surface area contributed by atoms with Crippen LogP contribution in [0, 0.1) is 6.92 Å². The van der Waals surface area contributed by atoms with Gasteiger partial charge < -0.3 is 10.6 Å². The fourth-order valence-electron chi connectivity index (χ4n) is 2.46. The first-order valence-electron chi connectivity index (χ1n) is 8.33. The van der Waals surface area contributed by atoms with Crippen molar-refractivity contribution in [2.24, 2.45) is 0 Å². The SMILES string of the molecule is CCC(=O)Nc1cccc(NC(=O)CCCc2ccccc2)c1C. The zero-order valence-corrected chi connectivity index (χ0v) is 14.3. The van der Waals surface area contributed by atoms with Crippen molar-refractivity contribution in [3.05, 3.63) is 59.7 Å². The van der Waals surface area contributed by atoms with Gasteiger partial charge in [0.15, 0.2) is 0 Å². The molecule has 2 amide bonds. The van der Waals surface area contributed by atoms with Crippen LogP contribution in [0.25, 0.3) is 0 Å². The molecular formula is C20H24N2O2. The number of carbonyl (C=O) groups excluding carboxylic acids is 2. The van der Waals surface area contributed by atoms with Gasteiger partial charge in [0.05, 0.1) is 0 Å². The lowest BCUT2D eigenvalue weighted by Gasteiger charge is -2.13. The van der Waals surface area contributed by atoms with Crippen molar-refractivity contribution in [3.63, 3.8) is 0 Å². The minimum absolute atomic E-state index is 0.00648. The van der Waals surface area contributed by atoms with Gasteiger partial charge in [0.25, 0.3) is 0 Å². The van der Waals surface area contributed by atoms with Crippen LogP contribution in [0.1, 0.15) is 37.3 Å². The Hall–Kier alpha value is -2.62. The highest BCUT2D eigenvalue weighted by Crippen LogP contribution is 2.23. The molecular weight excluding hydrogens is 300 g/mol. The number of carbonyl (C=O) groups is 2. The first-order valence-corrected chi connectivity index (χ1v) is 8.33. The van der Waals surface area contributed by atoms with E-state index in [9.17, 15) is 9.59 Å². The second-order valence-electron chi connectivity index (χ2n) is 5.77. The van der Waals surface area contributed by atoms with Gasteiger partial charge in [0.1, 0.15) is 0 Å². The maximum absolute atomic E-state index is 12.1. The molecule has 0 bridgehead atoms. The summed E-state index contributed by atoms with van der Waals surface area (Å²) in [6, 6.07) is 15.7. The molecule has 4 nitrogen and oxygen atoms in total. The largest absolute Gasteiger partial charge is 0.326 e. The van der Waals surface area contributed by atoms with Crippen molar-refractivity contribution in [1.82, 2.24) is 0 Å². The summed E-state index contributed by atoms with van der Waals surface area (Å²) in [5, 5.41) is 5.79. The fraction of sp³-hybridized carbons (Fsp3) is 0.300. The topological polar surface area (TPSA) is 58.2 Å². The minimum Gasteiger partial charge on any atom is -0.326 e. The van der Waals surface area contributed by atoms with E-state index >= 15 is 0 Å². The smallest absolute Gasteiger partial charge is 0.224 e. The molecule has 0 radical (unpaired) electrons. The van der Waals surface area contributed by atoms with Gasteiger partial charge in [0.2, 0.25) is 11.8 Å². The summed E-state index contributed by atoms with van der Waals surface area (Å²) in [4.78, 5) is 23.7. The Balaban J connectivity index is 1.89. The summed E-state index contributed by atoms with van der Waals surface area (Å²) in [5.41, 5.74) is 3.60. The number of hydrogen-bond acceptors (Lipinski definition) is 2. The quantitative estimate of drug-likeness (QED) is 0.797. The highest BCUT2D eigenvalue weighted by atomic mass is 16.2. The van der Waals surface area contributed by atoms with Crippen LogP contribution in [0.2, 0.25) is 0 Å². The third-order valence-corrected chi connectivity index (χ3v) is 3.92. The van der Waals surface area contributed by atoms with Gasteiger partial charge in [0, 0.05) is 24.2 Å². The molecule has 4 heteroatoms. The Morgan fingerprint density at radius 2 is 1.50 bits per heavy atom. The van der Waals surface area contributed by atoms with E-state index in [2.05, 4.69) is 22.8 Å². The molecule has 0 aliphatic carbocycles. The summed E-state index contributed by atoms with van der Waals surface area (Å²) >= 11 is 0. The van der Waals surface area contributed by atoms with Crippen LogP contribution in [0.15, 0.2) is 48.5 Å². The van der Waals surface area contributed by atoms with Crippen LogP contribution in [0.4, 0.5) is 11.4 Å². The Labute approximate surface area is 143 Å². The molecule has 0 heterocycles. The predicted molar refractivity (Wildman–Crippen MR) is 98.1 cm³/mol. The second-order valence-corrected chi connectivity index (χ2v) is 5.77. The predicted octanol–water partition coefficient (Wildman–Crippen LogP) is 4.30. The summed E-state index contributed by atoms with van der Waals surface area (Å²) in [6.07, 6.45) is 2.59. The molecule has 2 aromatic rings. The molecule has 0 aliphatic rings. The molecule has 0 aliphatic heterocycles. The average Bonchev–Trinajstić information content (AvgIpc) is 2.59. The van der Waals surface area contributed by atoms with Crippen molar-refractivity contribution >= 4 is 23.2 Å². The number of amides is 2. The maximum atomic E-state index is 12.1. The molecule has 24 heavy (non-hydrogen) atoms. The number of aryl methyl sites for hydroxylation is 1. The molecule has 2 rings (SSSR count). The number of benzene rings is 2. The van der Waals surface area contributed by atoms with Crippen molar-refractivity contribution < 1.29 is 9.59 Å². The van der Waals surface area contributed by atoms with Gasteiger partial charge in [-0.15, -0.1) is 0 Å². The van der Waals surface area contributed by atoms with Crippen LogP contribution >= 0.6 is 0 Å². The van der Waals surface area contributed by atoms with Gasteiger partial charge in [-0.05, 0) is 43.0 Å². The summed E-state index contributed by atoms with van der Waals surface area (Å²) in [5.74, 6) is -0.0440. The van der Waals surface area contributed by atoms with E-state index in [-0.39, 0.29) is 11.8 Å². The Morgan fingerprint density at radius 1 is 0.875 bits per heavy atom. The lowest BCUT2D eigenvalue weighted by atomic mass is 10.1. The number of nitrogens with one attached hydrogen (secondary N) is 2. The van der Waals surface area contributed by atoms with Crippen LogP contribution in [-0.4, -0.2) is 11.8 Å². The standard InChI is InChI=1S/C20H24N2O2/c1-3-19(23)21-17-12-8-13-18(15(17)2)22-20(24)14-7-11-16-9-5-4-6-10-16/h4-6,8-10,12-13H,3,7,11,14H2,1-2H3,(H,21,23)(H,22,24). The minimum atomic E-state index is -0.0376. The van der Waals surface area contributed by atoms with E-state index in [0.29, 0.717) is 12.8 Å². The van der Waals surface area contributed by atoms with Crippen molar-refractivity contribution in [1.29, 1.82) is 0 Å². The zero-order chi connectivity index (χ0) is 17.4. The van der Waals surface area contributed by atoms with E-state index in [1.165, 1.54) is 5.56 Å². The molecule has 0 saturated carbocycles. The van der Waals surface area contributed by atoms with E-state index < -0.39 is 0 Å². The Kier molecular flexibility index (Phi) is 6.55. The van der Waals surface area contributed by atoms with Crippen LogP contribution in [0.3, 0.4) is 0 Å². The molecule has 0 spiro atoms. The molecule has 0 atom stereocenters. The van der Waals surface area contributed by atoms with Crippen LogP contribution < -0.4 is 10.6 Å². The molecule has 0 unspecified atom stereocenters. The van der Waals surface area contributed by atoms with E-state index in [4.69, 9.17) is 0 Å². The molecule has 0 saturated heterocycles. The van der Waals surface area contributed by atoms with Gasteiger partial charge in [-0.1, -0.05) is 43.3 Å². The maximum Gasteiger partial charge on any atom is 0.224 e. The third-order valence-electron chi connectivity index (χ3n) is 3.92. The first-order chi connectivity index (χ1) is 11.6. The van der Waals surface area contributed by atoms with E-state index in [1.807, 2.05) is 50.2 Å². The van der Waals surface area contributed by atoms with Crippen molar-refractivity contribution in [2.45, 2.75) is 39.5 Å². The van der Waals surface area contributed by atoms with Crippen molar-refractivity contribution in [3.8, 4) is 0 Å². The van der Waals surface area contributed by atoms with Crippen molar-refractivity contribution in [2.75, 3.05) is 10.6 Å². The third kappa shape index (κ3) is 5.23. The second kappa shape index (κ2) is 8.87. The van der Waals surface area contributed by atoms with Crippen LogP contribution in [0.5, 0.6) is 0 Å². The van der Waals surface area contributed by atoms with Gasteiger partial charge in [-0.3, -0.25) is 9.59 Å². The number of anilines is 2. The number of hydrogen-bond donors (Lipinski definition) is 2. The first kappa shape index (κ1) is 17.7. The summed E-state index contributed by atoms with van der Waals surface area (Å²) in [6.45, 7) is 3.70. The Morgan fingerprint density at radius 3 is 2.12 bits per heavy atom. The van der Waals surface area contributed by atoms with E-state index in [0.717, 1.165) is 29.8 Å². The zero-order valence-electron chi connectivity index (χ0n) is 14.3. The highest BCUT2D eigenvalue weighted by Gasteiger charge is 2.09. The lowest BCUT2D eigenvalue weighted by Crippen LogP contribution is -2.14. The van der Waals surface area contributed by atoms with E-state index in [1.54, 1.807) is 0 Å². The summed E-state index contributed by atoms with van der Waals surface area (Å²) in [7, 11) is 0.